The predicted molar refractivity (Wildman–Crippen MR) is 79.3 cm³/mol. The Hall–Kier alpha value is -0.230. The zero-order valence-corrected chi connectivity index (χ0v) is 13.8. The molecule has 1 heterocycles. The van der Waals surface area contributed by atoms with Crippen molar-refractivity contribution >= 4 is 60.6 Å². The van der Waals surface area contributed by atoms with Crippen LogP contribution >= 0.6 is 54.8 Å². The molecule has 0 amide bonds. The summed E-state index contributed by atoms with van der Waals surface area (Å²) >= 11 is 13.9. The van der Waals surface area contributed by atoms with Crippen molar-refractivity contribution in [3.05, 3.63) is 53.3 Å². The number of benzene rings is 1. The molecule has 0 spiro atoms. The minimum absolute atomic E-state index is 0.128. The van der Waals surface area contributed by atoms with Crippen LogP contribution in [0.25, 0.3) is 0 Å². The van der Waals surface area contributed by atoms with Gasteiger partial charge >= 0.3 is 0 Å². The zero-order chi connectivity index (χ0) is 13.4. The molecule has 6 heteroatoms. The van der Waals surface area contributed by atoms with Crippen LogP contribution in [0.1, 0.15) is 20.8 Å². The van der Waals surface area contributed by atoms with Crippen LogP contribution in [0, 0.1) is 12.7 Å². The van der Waals surface area contributed by atoms with Crippen molar-refractivity contribution in [1.82, 2.24) is 0 Å². The van der Waals surface area contributed by atoms with Gasteiger partial charge in [-0.05, 0) is 62.5 Å². The largest absolute Gasteiger partial charge is 0.288 e. The van der Waals surface area contributed by atoms with Gasteiger partial charge in [-0.3, -0.25) is 4.79 Å². The minimum Gasteiger partial charge on any atom is -0.288 e. The standard InChI is InChI=1S/C12H6Br2ClFOS/c1-5-2-6(8(15)4-9(5)16)11(17)10-3-7(13)12(14)18-10/h2-4H,1H3. The predicted octanol–water partition coefficient (Wildman–Crippen LogP) is 5.61. The summed E-state index contributed by atoms with van der Waals surface area (Å²) in [5.41, 5.74) is 0.717. The highest BCUT2D eigenvalue weighted by molar-refractivity contribution is 9.13. The summed E-state index contributed by atoms with van der Waals surface area (Å²) in [5, 5.41) is 0.128. The van der Waals surface area contributed by atoms with Crippen molar-refractivity contribution in [3.63, 3.8) is 0 Å². The SMILES string of the molecule is Cc1cc(C(=O)c2cc(Br)c(Br)s2)c(Cl)cc1F. The van der Waals surface area contributed by atoms with E-state index in [0.717, 1.165) is 8.26 Å². The maximum atomic E-state index is 13.3. The Morgan fingerprint density at radius 2 is 2.00 bits per heavy atom. The lowest BCUT2D eigenvalue weighted by atomic mass is 10.1. The van der Waals surface area contributed by atoms with Crippen molar-refractivity contribution in [2.45, 2.75) is 6.92 Å². The van der Waals surface area contributed by atoms with E-state index in [1.807, 2.05) is 0 Å². The number of hydrogen-bond donors (Lipinski definition) is 0. The first-order valence-electron chi connectivity index (χ1n) is 4.85. The number of carbonyl (C=O) groups excluding carboxylic acids is 1. The van der Waals surface area contributed by atoms with E-state index in [-0.39, 0.29) is 10.8 Å². The van der Waals surface area contributed by atoms with E-state index in [1.54, 1.807) is 13.0 Å². The topological polar surface area (TPSA) is 17.1 Å². The van der Waals surface area contributed by atoms with Crippen LogP contribution in [-0.2, 0) is 0 Å². The number of thiophene rings is 1. The molecule has 18 heavy (non-hydrogen) atoms. The highest BCUT2D eigenvalue weighted by Crippen LogP contribution is 2.34. The molecule has 0 fully saturated rings. The van der Waals surface area contributed by atoms with E-state index in [1.165, 1.54) is 23.5 Å². The van der Waals surface area contributed by atoms with Crippen LogP contribution in [0.15, 0.2) is 26.5 Å². The second kappa shape index (κ2) is 5.41. The highest BCUT2D eigenvalue weighted by atomic mass is 79.9. The summed E-state index contributed by atoms with van der Waals surface area (Å²) in [7, 11) is 0. The number of ketones is 1. The van der Waals surface area contributed by atoms with Gasteiger partial charge in [0.15, 0.2) is 0 Å². The minimum atomic E-state index is -0.412. The molecule has 1 aromatic carbocycles. The van der Waals surface area contributed by atoms with E-state index in [0.29, 0.717) is 16.0 Å². The van der Waals surface area contributed by atoms with Crippen LogP contribution < -0.4 is 0 Å². The van der Waals surface area contributed by atoms with Gasteiger partial charge in [0, 0.05) is 10.0 Å². The summed E-state index contributed by atoms with van der Waals surface area (Å²) in [6, 6.07) is 4.36. The average Bonchev–Trinajstić information content (AvgIpc) is 2.63. The van der Waals surface area contributed by atoms with Gasteiger partial charge in [0.25, 0.3) is 0 Å². The van der Waals surface area contributed by atoms with Crippen LogP contribution in [0.4, 0.5) is 4.39 Å². The normalized spacial score (nSPS) is 10.7. The zero-order valence-electron chi connectivity index (χ0n) is 9.06. The van der Waals surface area contributed by atoms with Crippen LogP contribution in [0.5, 0.6) is 0 Å². The van der Waals surface area contributed by atoms with E-state index >= 15 is 0 Å². The van der Waals surface area contributed by atoms with Gasteiger partial charge in [0.1, 0.15) is 5.82 Å². The van der Waals surface area contributed by atoms with Crippen LogP contribution in [0.2, 0.25) is 5.02 Å². The number of carbonyl (C=O) groups is 1. The summed E-state index contributed by atoms with van der Waals surface area (Å²) in [6.07, 6.45) is 0. The Morgan fingerprint density at radius 1 is 1.33 bits per heavy atom. The average molecular weight is 413 g/mol. The third-order valence-corrected chi connectivity index (χ3v) is 5.93. The number of halogens is 4. The first kappa shape index (κ1) is 14.2. The van der Waals surface area contributed by atoms with E-state index < -0.39 is 5.82 Å². The van der Waals surface area contributed by atoms with Crippen LogP contribution in [0.3, 0.4) is 0 Å². The third kappa shape index (κ3) is 2.69. The van der Waals surface area contributed by atoms with Crippen molar-refractivity contribution in [2.75, 3.05) is 0 Å². The maximum Gasteiger partial charge on any atom is 0.204 e. The van der Waals surface area contributed by atoms with Gasteiger partial charge in [-0.15, -0.1) is 11.3 Å². The lowest BCUT2D eigenvalue weighted by molar-refractivity contribution is 0.104. The van der Waals surface area contributed by atoms with Crippen molar-refractivity contribution in [3.8, 4) is 0 Å². The lowest BCUT2D eigenvalue weighted by Gasteiger charge is -2.04. The Bertz CT molecular complexity index is 620. The summed E-state index contributed by atoms with van der Waals surface area (Å²) in [6.45, 7) is 1.60. The number of rotatable bonds is 2. The van der Waals surface area contributed by atoms with E-state index in [2.05, 4.69) is 31.9 Å². The third-order valence-electron chi connectivity index (χ3n) is 2.36. The molecule has 0 unspecified atom stereocenters. The molecule has 0 aliphatic heterocycles. The molecule has 2 rings (SSSR count). The molecular weight excluding hydrogens is 406 g/mol. The molecule has 0 atom stereocenters. The van der Waals surface area contributed by atoms with Gasteiger partial charge in [-0.25, -0.2) is 4.39 Å². The molecule has 0 saturated carbocycles. The molecule has 1 aromatic heterocycles. The molecule has 0 saturated heterocycles. The summed E-state index contributed by atoms with van der Waals surface area (Å²) in [5.74, 6) is -0.621. The fourth-order valence-corrected chi connectivity index (χ4v) is 3.65. The van der Waals surface area contributed by atoms with Crippen LogP contribution in [-0.4, -0.2) is 5.78 Å². The van der Waals surface area contributed by atoms with Gasteiger partial charge in [-0.1, -0.05) is 11.6 Å². The highest BCUT2D eigenvalue weighted by Gasteiger charge is 2.18. The van der Waals surface area contributed by atoms with E-state index in [4.69, 9.17) is 11.6 Å². The summed E-state index contributed by atoms with van der Waals surface area (Å²) in [4.78, 5) is 12.8. The van der Waals surface area contributed by atoms with Crippen molar-refractivity contribution in [1.29, 1.82) is 0 Å². The Kier molecular flexibility index (Phi) is 4.26. The molecule has 0 aliphatic rings. The maximum absolute atomic E-state index is 13.3. The Labute approximate surface area is 129 Å². The van der Waals surface area contributed by atoms with Gasteiger partial charge < -0.3 is 0 Å². The molecule has 94 valence electrons. The molecule has 0 radical (unpaired) electrons. The molecule has 2 aromatic rings. The molecule has 0 N–H and O–H groups in total. The monoisotopic (exact) mass is 410 g/mol. The summed E-state index contributed by atoms with van der Waals surface area (Å²) < 4.78 is 14.9. The second-order valence-corrected chi connectivity index (χ2v) is 7.27. The molecule has 0 aliphatic carbocycles. The first-order valence-corrected chi connectivity index (χ1v) is 7.63. The van der Waals surface area contributed by atoms with E-state index in [9.17, 15) is 9.18 Å². The van der Waals surface area contributed by atoms with Gasteiger partial charge in [0.2, 0.25) is 5.78 Å². The Balaban J connectivity index is 2.49. The fourth-order valence-electron chi connectivity index (χ4n) is 1.42. The second-order valence-electron chi connectivity index (χ2n) is 3.64. The van der Waals surface area contributed by atoms with Gasteiger partial charge in [0.05, 0.1) is 13.7 Å². The smallest absolute Gasteiger partial charge is 0.204 e. The Morgan fingerprint density at radius 3 is 2.56 bits per heavy atom. The van der Waals surface area contributed by atoms with Gasteiger partial charge in [-0.2, -0.15) is 0 Å². The number of hydrogen-bond acceptors (Lipinski definition) is 2. The fraction of sp³-hybridized carbons (Fsp3) is 0.0833. The molecule has 1 nitrogen and oxygen atoms in total. The number of aryl methyl sites for hydroxylation is 1. The lowest BCUT2D eigenvalue weighted by Crippen LogP contribution is -2.01. The first-order chi connectivity index (χ1) is 8.40. The quantitative estimate of drug-likeness (QED) is 0.587. The molecular formula is C12H6Br2ClFOS. The van der Waals surface area contributed by atoms with Crippen molar-refractivity contribution in [2.24, 2.45) is 0 Å². The molecule has 0 bridgehead atoms. The van der Waals surface area contributed by atoms with Crippen molar-refractivity contribution < 1.29 is 9.18 Å².